The predicted octanol–water partition coefficient (Wildman–Crippen LogP) is 1.42. The first-order chi connectivity index (χ1) is 7.58. The Bertz CT molecular complexity index is 407. The number of methoxy groups -OCH3 is 1. The number of thiophene rings is 1. The minimum absolute atomic E-state index is 0.314. The van der Waals surface area contributed by atoms with Gasteiger partial charge in [0.25, 0.3) is 0 Å². The molecule has 4 nitrogen and oxygen atoms in total. The number of ether oxygens (including phenoxy) is 2. The largest absolute Gasteiger partial charge is 0.465 e. The molecule has 1 aliphatic rings. The predicted molar refractivity (Wildman–Crippen MR) is 61.7 cm³/mol. The van der Waals surface area contributed by atoms with E-state index >= 15 is 0 Å². The first-order valence-corrected chi connectivity index (χ1v) is 6.00. The highest BCUT2D eigenvalue weighted by Gasteiger charge is 2.37. The number of esters is 1. The summed E-state index contributed by atoms with van der Waals surface area (Å²) < 4.78 is 10.1. The number of rotatable bonds is 2. The third kappa shape index (κ3) is 1.75. The van der Waals surface area contributed by atoms with Gasteiger partial charge in [-0.2, -0.15) is 0 Å². The van der Waals surface area contributed by atoms with Crippen LogP contribution in [-0.2, 0) is 15.0 Å². The molecule has 0 radical (unpaired) electrons. The van der Waals surface area contributed by atoms with Crippen LogP contribution in [0.1, 0.15) is 27.2 Å². The lowest BCUT2D eigenvalue weighted by Crippen LogP contribution is -2.37. The zero-order chi connectivity index (χ0) is 11.8. The fraction of sp³-hybridized carbons (Fsp3) is 0.545. The van der Waals surface area contributed by atoms with Gasteiger partial charge in [-0.05, 0) is 24.3 Å². The molecule has 5 heteroatoms. The lowest BCUT2D eigenvalue weighted by molar-refractivity contribution is 0.0597. The molecule has 1 saturated heterocycles. The van der Waals surface area contributed by atoms with Crippen molar-refractivity contribution in [3.63, 3.8) is 0 Å². The highest BCUT2D eigenvalue weighted by Crippen LogP contribution is 2.36. The molecule has 1 aliphatic heterocycles. The van der Waals surface area contributed by atoms with Crippen LogP contribution in [-0.4, -0.2) is 26.3 Å². The fourth-order valence-electron chi connectivity index (χ4n) is 1.93. The zero-order valence-electron chi connectivity index (χ0n) is 9.41. The maximum Gasteiger partial charge on any atom is 0.339 e. The van der Waals surface area contributed by atoms with E-state index in [2.05, 4.69) is 0 Å². The van der Waals surface area contributed by atoms with Gasteiger partial charge in [0.1, 0.15) is 0 Å². The summed E-state index contributed by atoms with van der Waals surface area (Å²) in [6.07, 6.45) is 0.747. The summed E-state index contributed by atoms with van der Waals surface area (Å²) in [5.74, 6) is -0.314. The summed E-state index contributed by atoms with van der Waals surface area (Å²) in [5.41, 5.74) is 7.27. The molecule has 0 aromatic carbocycles. The van der Waals surface area contributed by atoms with Crippen molar-refractivity contribution in [2.75, 3.05) is 20.3 Å². The molecule has 0 amide bonds. The van der Waals surface area contributed by atoms with E-state index in [0.29, 0.717) is 18.8 Å². The lowest BCUT2D eigenvalue weighted by atomic mass is 9.93. The highest BCUT2D eigenvalue weighted by molar-refractivity contribution is 7.10. The Labute approximate surface area is 98.3 Å². The maximum absolute atomic E-state index is 11.7. The van der Waals surface area contributed by atoms with Crippen LogP contribution < -0.4 is 5.73 Å². The number of aryl methyl sites for hydroxylation is 1. The molecule has 1 unspecified atom stereocenters. The van der Waals surface area contributed by atoms with Crippen molar-refractivity contribution in [3.8, 4) is 0 Å². The third-order valence-electron chi connectivity index (χ3n) is 2.87. The van der Waals surface area contributed by atoms with Crippen LogP contribution in [0.25, 0.3) is 0 Å². The Kier molecular flexibility index (Phi) is 3.01. The number of hydrogen-bond acceptors (Lipinski definition) is 5. The molecule has 0 aliphatic carbocycles. The smallest absolute Gasteiger partial charge is 0.339 e. The van der Waals surface area contributed by atoms with E-state index in [9.17, 15) is 4.79 Å². The van der Waals surface area contributed by atoms with E-state index in [4.69, 9.17) is 15.2 Å². The highest BCUT2D eigenvalue weighted by atomic mass is 32.1. The second-order valence-electron chi connectivity index (χ2n) is 4.07. The lowest BCUT2D eigenvalue weighted by Gasteiger charge is -2.21. The van der Waals surface area contributed by atoms with E-state index in [1.54, 1.807) is 0 Å². The van der Waals surface area contributed by atoms with Crippen molar-refractivity contribution in [1.82, 2.24) is 0 Å². The second kappa shape index (κ2) is 4.16. The molecular weight excluding hydrogens is 226 g/mol. The molecule has 0 bridgehead atoms. The van der Waals surface area contributed by atoms with Gasteiger partial charge in [-0.1, -0.05) is 0 Å². The average Bonchev–Trinajstić information content (AvgIpc) is 2.85. The van der Waals surface area contributed by atoms with Gasteiger partial charge in [0.15, 0.2) is 0 Å². The summed E-state index contributed by atoms with van der Waals surface area (Å²) >= 11 is 1.51. The third-order valence-corrected chi connectivity index (χ3v) is 4.19. The zero-order valence-corrected chi connectivity index (χ0v) is 10.2. The molecule has 0 saturated carbocycles. The van der Waals surface area contributed by atoms with Gasteiger partial charge in [0, 0.05) is 11.5 Å². The molecule has 0 spiro atoms. The van der Waals surface area contributed by atoms with E-state index in [0.717, 1.165) is 16.9 Å². The second-order valence-corrected chi connectivity index (χ2v) is 4.95. The molecule has 2 rings (SSSR count). The van der Waals surface area contributed by atoms with Gasteiger partial charge in [-0.15, -0.1) is 11.3 Å². The van der Waals surface area contributed by atoms with E-state index in [1.165, 1.54) is 18.4 Å². The monoisotopic (exact) mass is 241 g/mol. The topological polar surface area (TPSA) is 61.5 Å². The van der Waals surface area contributed by atoms with Crippen LogP contribution in [0, 0.1) is 6.92 Å². The molecule has 1 atom stereocenters. The molecule has 16 heavy (non-hydrogen) atoms. The van der Waals surface area contributed by atoms with Crippen LogP contribution in [0.3, 0.4) is 0 Å². The van der Waals surface area contributed by atoms with Crippen LogP contribution in [0.4, 0.5) is 0 Å². The quantitative estimate of drug-likeness (QED) is 0.795. The molecule has 2 N–H and O–H groups in total. The number of carbonyl (C=O) groups excluding carboxylic acids is 1. The first-order valence-electron chi connectivity index (χ1n) is 5.12. The average molecular weight is 241 g/mol. The van der Waals surface area contributed by atoms with E-state index in [1.807, 2.05) is 12.3 Å². The Morgan fingerprint density at radius 2 is 2.44 bits per heavy atom. The van der Waals surface area contributed by atoms with Gasteiger partial charge < -0.3 is 15.2 Å². The van der Waals surface area contributed by atoms with E-state index < -0.39 is 5.54 Å². The number of carbonyl (C=O) groups is 1. The fourth-order valence-corrected chi connectivity index (χ4v) is 3.10. The number of nitrogens with two attached hydrogens (primary N) is 1. The summed E-state index contributed by atoms with van der Waals surface area (Å²) in [6, 6.07) is 0. The normalized spacial score (nSPS) is 24.7. The summed E-state index contributed by atoms with van der Waals surface area (Å²) in [7, 11) is 1.39. The van der Waals surface area contributed by atoms with Gasteiger partial charge in [-0.25, -0.2) is 4.79 Å². The molecule has 2 heterocycles. The van der Waals surface area contributed by atoms with Crippen LogP contribution in [0.2, 0.25) is 0 Å². The van der Waals surface area contributed by atoms with Crippen LogP contribution in [0.5, 0.6) is 0 Å². The van der Waals surface area contributed by atoms with Crippen LogP contribution in [0.15, 0.2) is 5.38 Å². The Morgan fingerprint density at radius 3 is 3.00 bits per heavy atom. The molecule has 1 aromatic heterocycles. The van der Waals surface area contributed by atoms with Crippen molar-refractivity contribution in [3.05, 3.63) is 21.4 Å². The van der Waals surface area contributed by atoms with Crippen molar-refractivity contribution in [2.24, 2.45) is 5.73 Å². The van der Waals surface area contributed by atoms with Crippen molar-refractivity contribution in [1.29, 1.82) is 0 Å². The summed E-state index contributed by atoms with van der Waals surface area (Å²) in [5, 5.41) is 1.94. The van der Waals surface area contributed by atoms with Crippen molar-refractivity contribution < 1.29 is 14.3 Å². The summed E-state index contributed by atoms with van der Waals surface area (Å²) in [4.78, 5) is 12.6. The summed E-state index contributed by atoms with van der Waals surface area (Å²) in [6.45, 7) is 3.01. The molecule has 88 valence electrons. The number of hydrogen-bond donors (Lipinski definition) is 1. The maximum atomic E-state index is 11.7. The minimum atomic E-state index is -0.525. The Hall–Kier alpha value is -0.910. The van der Waals surface area contributed by atoms with Gasteiger partial charge >= 0.3 is 5.97 Å². The molecule has 1 fully saturated rings. The van der Waals surface area contributed by atoms with Crippen molar-refractivity contribution >= 4 is 17.3 Å². The Morgan fingerprint density at radius 1 is 1.69 bits per heavy atom. The first kappa shape index (κ1) is 11.6. The van der Waals surface area contributed by atoms with Gasteiger partial charge in [-0.3, -0.25) is 0 Å². The van der Waals surface area contributed by atoms with Crippen LogP contribution >= 0.6 is 11.3 Å². The van der Waals surface area contributed by atoms with Gasteiger partial charge in [0.05, 0.1) is 24.8 Å². The SMILES string of the molecule is COC(=O)c1c(C)csc1C1(N)CCOC1. The van der Waals surface area contributed by atoms with Gasteiger partial charge in [0.2, 0.25) is 0 Å². The molecule has 1 aromatic rings. The minimum Gasteiger partial charge on any atom is -0.465 e. The standard InChI is InChI=1S/C11H15NO3S/c1-7-5-16-9(8(7)10(13)14-2)11(12)3-4-15-6-11/h5H,3-4,6,12H2,1-2H3. The van der Waals surface area contributed by atoms with Crippen molar-refractivity contribution in [2.45, 2.75) is 18.9 Å². The Balaban J connectivity index is 2.45. The molecular formula is C11H15NO3S. The van der Waals surface area contributed by atoms with E-state index in [-0.39, 0.29) is 5.97 Å².